The van der Waals surface area contributed by atoms with Gasteiger partial charge in [0, 0.05) is 21.9 Å². The number of anilines is 2. The van der Waals surface area contributed by atoms with Crippen molar-refractivity contribution in [1.29, 1.82) is 0 Å². The molecule has 0 aliphatic heterocycles. The molecule has 7 nitrogen and oxygen atoms in total. The van der Waals surface area contributed by atoms with Crippen molar-refractivity contribution in [3.8, 4) is 0 Å². The summed E-state index contributed by atoms with van der Waals surface area (Å²) in [5.74, 6) is -0.356. The molecule has 3 aromatic rings. The van der Waals surface area contributed by atoms with Crippen LogP contribution in [0, 0.1) is 0 Å². The Bertz CT molecular complexity index is 1220. The molecular formula is C18H15Cl2N3O4S2. The summed E-state index contributed by atoms with van der Waals surface area (Å²) in [4.78, 5) is 3.82. The van der Waals surface area contributed by atoms with Crippen molar-refractivity contribution in [1.82, 2.24) is 4.98 Å². The predicted octanol–water partition coefficient (Wildman–Crippen LogP) is 4.13. The number of benzene rings is 2. The fourth-order valence-corrected chi connectivity index (χ4v) is 5.22. The maximum atomic E-state index is 12.4. The first kappa shape index (κ1) is 21.4. The third-order valence-electron chi connectivity index (χ3n) is 3.71. The Morgan fingerprint density at radius 2 is 1.59 bits per heavy atom. The topological polar surface area (TPSA) is 105 Å². The van der Waals surface area contributed by atoms with Gasteiger partial charge in [-0.1, -0.05) is 29.3 Å². The molecule has 0 aliphatic carbocycles. The van der Waals surface area contributed by atoms with Crippen LogP contribution >= 0.6 is 23.2 Å². The van der Waals surface area contributed by atoms with Gasteiger partial charge in [-0.3, -0.25) is 14.4 Å². The quantitative estimate of drug-likeness (QED) is 0.538. The van der Waals surface area contributed by atoms with E-state index < -0.39 is 20.0 Å². The van der Waals surface area contributed by atoms with E-state index in [0.717, 1.165) is 0 Å². The van der Waals surface area contributed by atoms with E-state index in [-0.39, 0.29) is 21.4 Å². The molecule has 2 N–H and O–H groups in total. The first-order valence-electron chi connectivity index (χ1n) is 8.12. The van der Waals surface area contributed by atoms with Crippen LogP contribution in [0.15, 0.2) is 71.9 Å². The summed E-state index contributed by atoms with van der Waals surface area (Å²) in [5.41, 5.74) is 0.927. The van der Waals surface area contributed by atoms with Crippen LogP contribution < -0.4 is 9.44 Å². The molecule has 1 heterocycles. The average molecular weight is 472 g/mol. The van der Waals surface area contributed by atoms with Gasteiger partial charge in [-0.05, 0) is 54.1 Å². The minimum Gasteiger partial charge on any atom is -0.283 e. The minimum atomic E-state index is -3.83. The third-order valence-corrected chi connectivity index (χ3v) is 6.93. The smallest absolute Gasteiger partial charge is 0.261 e. The van der Waals surface area contributed by atoms with Crippen molar-refractivity contribution in [2.24, 2.45) is 0 Å². The Labute approximate surface area is 178 Å². The van der Waals surface area contributed by atoms with E-state index in [1.807, 2.05) is 0 Å². The summed E-state index contributed by atoms with van der Waals surface area (Å²) >= 11 is 11.8. The fraction of sp³-hybridized carbons (Fsp3) is 0.0556. The highest BCUT2D eigenvalue weighted by Gasteiger charge is 2.17. The highest BCUT2D eigenvalue weighted by atomic mass is 35.5. The second-order valence-corrected chi connectivity index (χ2v) is 10.2. The molecule has 0 spiro atoms. The van der Waals surface area contributed by atoms with Crippen LogP contribution in [0.1, 0.15) is 5.56 Å². The molecule has 152 valence electrons. The second-order valence-electron chi connectivity index (χ2n) is 5.97. The normalized spacial score (nSPS) is 11.8. The van der Waals surface area contributed by atoms with Crippen molar-refractivity contribution >= 4 is 54.6 Å². The van der Waals surface area contributed by atoms with E-state index in [1.165, 1.54) is 48.8 Å². The van der Waals surface area contributed by atoms with E-state index in [1.54, 1.807) is 18.2 Å². The minimum absolute atomic E-state index is 0.0231. The van der Waals surface area contributed by atoms with E-state index >= 15 is 0 Å². The van der Waals surface area contributed by atoms with E-state index in [4.69, 9.17) is 23.2 Å². The molecule has 0 aliphatic rings. The first-order valence-corrected chi connectivity index (χ1v) is 12.0. The van der Waals surface area contributed by atoms with Gasteiger partial charge in [0.15, 0.2) is 0 Å². The molecule has 11 heteroatoms. The lowest BCUT2D eigenvalue weighted by Crippen LogP contribution is -2.16. The van der Waals surface area contributed by atoms with Gasteiger partial charge in [0.05, 0.1) is 22.5 Å². The molecule has 3 rings (SSSR count). The number of hydrogen-bond acceptors (Lipinski definition) is 5. The van der Waals surface area contributed by atoms with E-state index in [0.29, 0.717) is 16.3 Å². The lowest BCUT2D eigenvalue weighted by molar-refractivity contribution is 0.599. The molecular weight excluding hydrogens is 457 g/mol. The Kier molecular flexibility index (Phi) is 6.33. The molecule has 0 bridgehead atoms. The van der Waals surface area contributed by atoms with Crippen LogP contribution in [0.5, 0.6) is 0 Å². The van der Waals surface area contributed by atoms with E-state index in [9.17, 15) is 16.8 Å². The summed E-state index contributed by atoms with van der Waals surface area (Å²) in [7, 11) is -7.60. The molecule has 0 saturated carbocycles. The van der Waals surface area contributed by atoms with Crippen LogP contribution in [0.2, 0.25) is 10.0 Å². The number of pyridine rings is 1. The van der Waals surface area contributed by atoms with Gasteiger partial charge in [-0.15, -0.1) is 0 Å². The molecule has 0 atom stereocenters. The van der Waals surface area contributed by atoms with Crippen molar-refractivity contribution in [3.05, 3.63) is 82.6 Å². The summed E-state index contributed by atoms with van der Waals surface area (Å²) in [6.45, 7) is 0. The Balaban J connectivity index is 1.72. The summed E-state index contributed by atoms with van der Waals surface area (Å²) in [6, 6.07) is 13.0. The van der Waals surface area contributed by atoms with Crippen molar-refractivity contribution in [2.75, 3.05) is 9.44 Å². The second kappa shape index (κ2) is 8.58. The number of rotatable bonds is 7. The van der Waals surface area contributed by atoms with Gasteiger partial charge in [-0.25, -0.2) is 16.8 Å². The average Bonchev–Trinajstić information content (AvgIpc) is 2.64. The van der Waals surface area contributed by atoms with Crippen LogP contribution in [0.25, 0.3) is 0 Å². The highest BCUT2D eigenvalue weighted by Crippen LogP contribution is 2.24. The van der Waals surface area contributed by atoms with Gasteiger partial charge in [0.2, 0.25) is 10.0 Å². The van der Waals surface area contributed by atoms with Gasteiger partial charge in [0.1, 0.15) is 0 Å². The number of sulfonamides is 2. The zero-order valence-electron chi connectivity index (χ0n) is 14.7. The SMILES string of the molecule is O=S(=O)(Cc1ccc(Cl)cc1Cl)Nc1ccc(S(=O)(=O)Nc2cccnc2)cc1. The zero-order chi connectivity index (χ0) is 21.1. The van der Waals surface area contributed by atoms with Crippen molar-refractivity contribution < 1.29 is 16.8 Å². The van der Waals surface area contributed by atoms with Crippen LogP contribution in [-0.4, -0.2) is 21.8 Å². The largest absolute Gasteiger partial charge is 0.283 e. The molecule has 2 aromatic carbocycles. The first-order chi connectivity index (χ1) is 13.6. The van der Waals surface area contributed by atoms with Crippen LogP contribution in [-0.2, 0) is 25.8 Å². The predicted molar refractivity (Wildman–Crippen MR) is 114 cm³/mol. The Hall–Kier alpha value is -2.33. The lowest BCUT2D eigenvalue weighted by Gasteiger charge is -2.11. The zero-order valence-corrected chi connectivity index (χ0v) is 17.9. The maximum Gasteiger partial charge on any atom is 0.261 e. The Morgan fingerprint density at radius 3 is 2.21 bits per heavy atom. The lowest BCUT2D eigenvalue weighted by atomic mass is 10.2. The maximum absolute atomic E-state index is 12.4. The summed E-state index contributed by atoms with van der Waals surface area (Å²) < 4.78 is 54.4. The summed E-state index contributed by atoms with van der Waals surface area (Å²) in [5, 5.41) is 0.645. The third kappa shape index (κ3) is 5.83. The fourth-order valence-electron chi connectivity index (χ4n) is 2.40. The number of aromatic nitrogens is 1. The molecule has 0 saturated heterocycles. The molecule has 29 heavy (non-hydrogen) atoms. The highest BCUT2D eigenvalue weighted by molar-refractivity contribution is 7.92. The standard InChI is InChI=1S/C18H15Cl2N3O4S2/c19-14-4-3-13(18(20)10-14)12-28(24,25)22-15-5-7-17(8-6-15)29(26,27)23-16-2-1-9-21-11-16/h1-11,22-23H,12H2. The van der Waals surface area contributed by atoms with Gasteiger partial charge >= 0.3 is 0 Å². The van der Waals surface area contributed by atoms with Crippen molar-refractivity contribution in [2.45, 2.75) is 10.6 Å². The van der Waals surface area contributed by atoms with Crippen molar-refractivity contribution in [3.63, 3.8) is 0 Å². The molecule has 0 fully saturated rings. The van der Waals surface area contributed by atoms with Crippen LogP contribution in [0.4, 0.5) is 11.4 Å². The number of hydrogen-bond donors (Lipinski definition) is 2. The number of nitrogens with zero attached hydrogens (tertiary/aromatic N) is 1. The molecule has 1 aromatic heterocycles. The molecule has 0 amide bonds. The summed E-state index contributed by atoms with van der Waals surface area (Å²) in [6.07, 6.45) is 2.90. The monoisotopic (exact) mass is 471 g/mol. The number of halogens is 2. The van der Waals surface area contributed by atoms with Gasteiger partial charge in [-0.2, -0.15) is 0 Å². The van der Waals surface area contributed by atoms with Gasteiger partial charge in [0.25, 0.3) is 10.0 Å². The van der Waals surface area contributed by atoms with E-state index in [2.05, 4.69) is 14.4 Å². The Morgan fingerprint density at radius 1 is 0.862 bits per heavy atom. The number of nitrogens with one attached hydrogen (secondary N) is 2. The van der Waals surface area contributed by atoms with Gasteiger partial charge < -0.3 is 0 Å². The molecule has 0 radical (unpaired) electrons. The molecule has 0 unspecified atom stereocenters. The van der Waals surface area contributed by atoms with Crippen LogP contribution in [0.3, 0.4) is 0 Å².